The number of fused-ring (bicyclic) bond motifs is 9. The minimum Gasteiger partial charge on any atom is -0.456 e. The highest BCUT2D eigenvalue weighted by atomic mass is 16.3. The maximum absolute atomic E-state index is 6.22. The van der Waals surface area contributed by atoms with Crippen LogP contribution in [0.2, 0.25) is 0 Å². The van der Waals surface area contributed by atoms with Gasteiger partial charge < -0.3 is 4.42 Å². The SMILES string of the molecule is c1ccc2ncc(-c3nc(-c4ccc5c(ccc6c7ccccc7ccc56)c4)nc(-c4cccc5oc6ccccc6c45)n3)cc2c1. The number of para-hydroxylation sites is 2. The van der Waals surface area contributed by atoms with Crippen LogP contribution >= 0.6 is 0 Å². The minimum atomic E-state index is 0.568. The average molecular weight is 601 g/mol. The van der Waals surface area contributed by atoms with Gasteiger partial charge >= 0.3 is 0 Å². The second kappa shape index (κ2) is 10.0. The molecule has 0 amide bonds. The Bertz CT molecular complexity index is 2870. The molecule has 0 spiro atoms. The Morgan fingerprint density at radius 3 is 1.94 bits per heavy atom. The second-order valence-electron chi connectivity index (χ2n) is 11.9. The maximum Gasteiger partial charge on any atom is 0.165 e. The number of hydrogen-bond donors (Lipinski definition) is 0. The highest BCUT2D eigenvalue weighted by molar-refractivity contribution is 6.17. The van der Waals surface area contributed by atoms with Crippen LogP contribution in [-0.4, -0.2) is 19.9 Å². The number of furan rings is 1. The topological polar surface area (TPSA) is 64.7 Å². The molecule has 5 heteroatoms. The van der Waals surface area contributed by atoms with E-state index in [4.69, 9.17) is 24.4 Å². The molecule has 3 heterocycles. The van der Waals surface area contributed by atoms with Gasteiger partial charge in [-0.15, -0.1) is 0 Å². The van der Waals surface area contributed by atoms with Crippen LogP contribution in [0.5, 0.6) is 0 Å². The molecule has 10 rings (SSSR count). The number of aromatic nitrogens is 4. The van der Waals surface area contributed by atoms with Crippen LogP contribution in [0.1, 0.15) is 0 Å². The predicted octanol–water partition coefficient (Wildman–Crippen LogP) is 10.8. The summed E-state index contributed by atoms with van der Waals surface area (Å²) in [6.45, 7) is 0. The zero-order chi connectivity index (χ0) is 30.9. The van der Waals surface area contributed by atoms with Crippen molar-refractivity contribution in [1.29, 1.82) is 0 Å². The summed E-state index contributed by atoms with van der Waals surface area (Å²) < 4.78 is 6.22. The summed E-state index contributed by atoms with van der Waals surface area (Å²) in [5.41, 5.74) is 5.19. The van der Waals surface area contributed by atoms with Gasteiger partial charge in [-0.2, -0.15) is 0 Å². The normalized spacial score (nSPS) is 11.8. The molecule has 0 fully saturated rings. The number of benzene rings is 7. The minimum absolute atomic E-state index is 0.568. The summed E-state index contributed by atoms with van der Waals surface area (Å²) in [7, 11) is 0. The van der Waals surface area contributed by atoms with Crippen LogP contribution in [0.15, 0.2) is 150 Å². The van der Waals surface area contributed by atoms with Crippen molar-refractivity contribution in [3.63, 3.8) is 0 Å². The Labute approximate surface area is 268 Å². The van der Waals surface area contributed by atoms with Crippen molar-refractivity contribution in [2.45, 2.75) is 0 Å². The van der Waals surface area contributed by atoms with E-state index in [-0.39, 0.29) is 0 Å². The average Bonchev–Trinajstić information content (AvgIpc) is 3.53. The van der Waals surface area contributed by atoms with Crippen LogP contribution in [0.25, 0.3) is 99.3 Å². The lowest BCUT2D eigenvalue weighted by atomic mass is 9.96. The van der Waals surface area contributed by atoms with E-state index in [1.165, 1.54) is 26.9 Å². The molecule has 10 aromatic rings. The van der Waals surface area contributed by atoms with Crippen molar-refractivity contribution in [2.24, 2.45) is 0 Å². The standard InChI is InChI=1S/C42H24N4O/c1-3-10-30-25(8-1)16-20-33-31-19-18-28(22-26(31)17-21-32(30)33)40-44-41(29-23-27-9-2-5-13-36(27)43-24-29)46-42(45-40)35-12-7-15-38-39(35)34-11-4-6-14-37(34)47-38/h1-24H. The van der Waals surface area contributed by atoms with Crippen molar-refractivity contribution in [3.8, 4) is 34.2 Å². The zero-order valence-electron chi connectivity index (χ0n) is 25.1. The quantitative estimate of drug-likeness (QED) is 0.189. The van der Waals surface area contributed by atoms with Crippen LogP contribution < -0.4 is 0 Å². The van der Waals surface area contributed by atoms with Crippen LogP contribution in [0.3, 0.4) is 0 Å². The van der Waals surface area contributed by atoms with Gasteiger partial charge in [-0.05, 0) is 62.6 Å². The van der Waals surface area contributed by atoms with Gasteiger partial charge in [-0.3, -0.25) is 4.98 Å². The van der Waals surface area contributed by atoms with Crippen molar-refractivity contribution in [2.75, 3.05) is 0 Å². The molecule has 7 aromatic carbocycles. The van der Waals surface area contributed by atoms with Gasteiger partial charge in [0.2, 0.25) is 0 Å². The van der Waals surface area contributed by atoms with Crippen LogP contribution in [0.4, 0.5) is 0 Å². The third kappa shape index (κ3) is 4.10. The molecule has 3 aromatic heterocycles. The highest BCUT2D eigenvalue weighted by Gasteiger charge is 2.18. The van der Waals surface area contributed by atoms with Crippen LogP contribution in [-0.2, 0) is 0 Å². The number of hydrogen-bond acceptors (Lipinski definition) is 5. The molecule has 5 nitrogen and oxygen atoms in total. The first kappa shape index (κ1) is 25.8. The van der Waals surface area contributed by atoms with E-state index in [9.17, 15) is 0 Å². The molecule has 0 N–H and O–H groups in total. The lowest BCUT2D eigenvalue weighted by Crippen LogP contribution is -2.01. The fraction of sp³-hybridized carbons (Fsp3) is 0. The first-order valence-corrected chi connectivity index (χ1v) is 15.6. The maximum atomic E-state index is 6.22. The summed E-state index contributed by atoms with van der Waals surface area (Å²) in [5.74, 6) is 1.75. The molecular formula is C42H24N4O. The molecule has 47 heavy (non-hydrogen) atoms. The second-order valence-corrected chi connectivity index (χ2v) is 11.9. The first-order chi connectivity index (χ1) is 23.3. The van der Waals surface area contributed by atoms with E-state index in [0.717, 1.165) is 54.9 Å². The number of pyridine rings is 1. The largest absolute Gasteiger partial charge is 0.456 e. The van der Waals surface area contributed by atoms with Gasteiger partial charge in [0.15, 0.2) is 17.5 Å². The third-order valence-electron chi connectivity index (χ3n) is 9.13. The first-order valence-electron chi connectivity index (χ1n) is 15.6. The molecule has 0 aliphatic heterocycles. The van der Waals surface area contributed by atoms with Crippen LogP contribution in [0, 0.1) is 0 Å². The molecule has 0 radical (unpaired) electrons. The molecule has 0 saturated carbocycles. The van der Waals surface area contributed by atoms with Crippen molar-refractivity contribution >= 4 is 65.2 Å². The van der Waals surface area contributed by atoms with E-state index in [2.05, 4.69) is 91.0 Å². The summed E-state index contributed by atoms with van der Waals surface area (Å²) in [5, 5.41) is 10.3. The van der Waals surface area contributed by atoms with Gasteiger partial charge in [0.25, 0.3) is 0 Å². The van der Waals surface area contributed by atoms with Gasteiger partial charge in [0.1, 0.15) is 11.2 Å². The monoisotopic (exact) mass is 600 g/mol. The lowest BCUT2D eigenvalue weighted by Gasteiger charge is -2.11. The smallest absolute Gasteiger partial charge is 0.165 e. The van der Waals surface area contributed by atoms with Gasteiger partial charge in [0.05, 0.1) is 5.52 Å². The van der Waals surface area contributed by atoms with E-state index in [0.29, 0.717) is 17.5 Å². The predicted molar refractivity (Wildman–Crippen MR) is 191 cm³/mol. The Morgan fingerprint density at radius 1 is 0.404 bits per heavy atom. The van der Waals surface area contributed by atoms with Crippen molar-refractivity contribution < 1.29 is 4.42 Å². The van der Waals surface area contributed by atoms with Crippen molar-refractivity contribution in [3.05, 3.63) is 146 Å². The van der Waals surface area contributed by atoms with Gasteiger partial charge in [-0.1, -0.05) is 109 Å². The van der Waals surface area contributed by atoms with Gasteiger partial charge in [-0.25, -0.2) is 15.0 Å². The molecule has 0 aliphatic rings. The Balaban J connectivity index is 1.21. The summed E-state index contributed by atoms with van der Waals surface area (Å²) in [6.07, 6.45) is 1.84. The Morgan fingerprint density at radius 2 is 1.04 bits per heavy atom. The fourth-order valence-corrected chi connectivity index (χ4v) is 6.88. The molecular weight excluding hydrogens is 576 g/mol. The lowest BCUT2D eigenvalue weighted by molar-refractivity contribution is 0.669. The Kier molecular flexibility index (Phi) is 5.51. The fourth-order valence-electron chi connectivity index (χ4n) is 6.88. The summed E-state index contributed by atoms with van der Waals surface area (Å²) in [4.78, 5) is 20.0. The van der Waals surface area contributed by atoms with E-state index in [1.54, 1.807) is 0 Å². The Hall–Kier alpha value is -6.46. The number of rotatable bonds is 3. The zero-order valence-corrected chi connectivity index (χ0v) is 25.1. The molecule has 218 valence electrons. The molecule has 0 unspecified atom stereocenters. The molecule has 0 aliphatic carbocycles. The molecule has 0 saturated heterocycles. The summed E-state index contributed by atoms with van der Waals surface area (Å²) in [6, 6.07) is 48.2. The highest BCUT2D eigenvalue weighted by Crippen LogP contribution is 2.37. The van der Waals surface area contributed by atoms with Gasteiger partial charge in [0, 0.05) is 39.0 Å². The molecule has 0 atom stereocenters. The molecule has 0 bridgehead atoms. The van der Waals surface area contributed by atoms with Crippen molar-refractivity contribution in [1.82, 2.24) is 19.9 Å². The summed E-state index contributed by atoms with van der Waals surface area (Å²) >= 11 is 0. The number of nitrogens with zero attached hydrogens (tertiary/aromatic N) is 4. The third-order valence-corrected chi connectivity index (χ3v) is 9.13. The van der Waals surface area contributed by atoms with E-state index < -0.39 is 0 Å². The van der Waals surface area contributed by atoms with E-state index >= 15 is 0 Å². The van der Waals surface area contributed by atoms with E-state index in [1.807, 2.05) is 54.7 Å².